The Kier molecular flexibility index (Phi) is 3.26. The average Bonchev–Trinajstić information content (AvgIpc) is 2.94. The molecule has 0 radical (unpaired) electrons. The second-order valence-corrected chi connectivity index (χ2v) is 4.37. The zero-order valence-electron chi connectivity index (χ0n) is 9.40. The van der Waals surface area contributed by atoms with E-state index in [2.05, 4.69) is 10.3 Å². The van der Waals surface area contributed by atoms with Crippen LogP contribution < -0.4 is 11.3 Å². The summed E-state index contributed by atoms with van der Waals surface area (Å²) in [6.07, 6.45) is 4.15. The molecule has 0 unspecified atom stereocenters. The quantitative estimate of drug-likeness (QED) is 0.438. The van der Waals surface area contributed by atoms with Crippen LogP contribution in [0.1, 0.15) is 29.0 Å². The number of nitrogens with zero attached hydrogens (tertiary/aromatic N) is 1. The van der Waals surface area contributed by atoms with Crippen LogP contribution in [-0.4, -0.2) is 24.4 Å². The van der Waals surface area contributed by atoms with Gasteiger partial charge in [-0.25, -0.2) is 5.84 Å². The molecule has 0 bridgehead atoms. The van der Waals surface area contributed by atoms with Crippen LogP contribution >= 0.6 is 0 Å². The van der Waals surface area contributed by atoms with E-state index in [1.165, 1.54) is 19.1 Å². The summed E-state index contributed by atoms with van der Waals surface area (Å²) < 4.78 is 5.30. The zero-order valence-corrected chi connectivity index (χ0v) is 9.40. The van der Waals surface area contributed by atoms with Crippen molar-refractivity contribution < 1.29 is 9.21 Å². The van der Waals surface area contributed by atoms with Crippen LogP contribution in [0.15, 0.2) is 16.7 Å². The maximum Gasteiger partial charge on any atom is 0.268 e. The minimum absolute atomic E-state index is 0.302. The summed E-state index contributed by atoms with van der Waals surface area (Å²) in [5.74, 6) is 6.29. The molecule has 2 rings (SSSR count). The molecule has 88 valence electrons. The molecule has 0 aromatic carbocycles. The van der Waals surface area contributed by atoms with Crippen molar-refractivity contribution in [1.29, 1.82) is 0 Å². The Bertz CT molecular complexity index is 371. The number of hydrogen-bond donors (Lipinski definition) is 2. The van der Waals surface area contributed by atoms with Gasteiger partial charge in [0.15, 0.2) is 0 Å². The molecule has 0 spiro atoms. The smallest absolute Gasteiger partial charge is 0.268 e. The molecule has 1 aromatic rings. The van der Waals surface area contributed by atoms with Gasteiger partial charge >= 0.3 is 0 Å². The molecule has 1 saturated carbocycles. The van der Waals surface area contributed by atoms with E-state index < -0.39 is 0 Å². The number of nitrogens with one attached hydrogen (secondary N) is 1. The van der Waals surface area contributed by atoms with Gasteiger partial charge in [0.05, 0.1) is 18.4 Å². The van der Waals surface area contributed by atoms with Gasteiger partial charge < -0.3 is 4.42 Å². The van der Waals surface area contributed by atoms with Crippen molar-refractivity contribution in [2.75, 3.05) is 13.6 Å². The van der Waals surface area contributed by atoms with Crippen molar-refractivity contribution in [3.8, 4) is 0 Å². The average molecular weight is 223 g/mol. The fourth-order valence-electron chi connectivity index (χ4n) is 1.79. The third-order valence-corrected chi connectivity index (χ3v) is 2.80. The van der Waals surface area contributed by atoms with Crippen molar-refractivity contribution in [2.45, 2.75) is 19.4 Å². The Morgan fingerprint density at radius 3 is 3.06 bits per heavy atom. The number of nitrogens with two attached hydrogens (primary N) is 1. The van der Waals surface area contributed by atoms with Crippen molar-refractivity contribution in [2.24, 2.45) is 11.8 Å². The largest absolute Gasteiger partial charge is 0.467 e. The second-order valence-electron chi connectivity index (χ2n) is 4.37. The van der Waals surface area contributed by atoms with Gasteiger partial charge in [-0.2, -0.15) is 0 Å². The molecule has 5 heteroatoms. The molecular weight excluding hydrogens is 206 g/mol. The van der Waals surface area contributed by atoms with Crippen LogP contribution in [0.2, 0.25) is 0 Å². The van der Waals surface area contributed by atoms with Gasteiger partial charge in [0.2, 0.25) is 0 Å². The minimum Gasteiger partial charge on any atom is -0.467 e. The third kappa shape index (κ3) is 2.62. The summed E-state index contributed by atoms with van der Waals surface area (Å²) in [5.41, 5.74) is 2.64. The number of carbonyl (C=O) groups is 1. The van der Waals surface area contributed by atoms with E-state index in [1.54, 1.807) is 6.07 Å². The fraction of sp³-hybridized carbons (Fsp3) is 0.545. The van der Waals surface area contributed by atoms with Crippen LogP contribution in [0, 0.1) is 5.92 Å². The van der Waals surface area contributed by atoms with Crippen LogP contribution in [0.4, 0.5) is 0 Å². The standard InChI is InChI=1S/C11H17N3O2/c1-14(6-8-2-3-8)7-10-9(4-5-16-10)11(15)13-12/h4-5,8H,2-3,6-7,12H2,1H3,(H,13,15). The van der Waals surface area contributed by atoms with E-state index in [0.717, 1.165) is 12.5 Å². The van der Waals surface area contributed by atoms with E-state index in [4.69, 9.17) is 10.3 Å². The van der Waals surface area contributed by atoms with Gasteiger partial charge in [-0.1, -0.05) is 0 Å². The topological polar surface area (TPSA) is 71.5 Å². The molecule has 3 N–H and O–H groups in total. The molecule has 5 nitrogen and oxygen atoms in total. The highest BCUT2D eigenvalue weighted by atomic mass is 16.3. The SMILES string of the molecule is CN(Cc1occc1C(=O)NN)CC1CC1. The maximum atomic E-state index is 11.4. The van der Waals surface area contributed by atoms with Gasteiger partial charge in [0.25, 0.3) is 5.91 Å². The van der Waals surface area contributed by atoms with Gasteiger partial charge in [-0.05, 0) is 31.9 Å². The maximum absolute atomic E-state index is 11.4. The molecule has 1 amide bonds. The second kappa shape index (κ2) is 4.67. The van der Waals surface area contributed by atoms with Gasteiger partial charge in [0.1, 0.15) is 5.76 Å². The number of nitrogen functional groups attached to an aromatic ring is 1. The Morgan fingerprint density at radius 1 is 1.69 bits per heavy atom. The third-order valence-electron chi connectivity index (χ3n) is 2.80. The van der Waals surface area contributed by atoms with E-state index >= 15 is 0 Å². The molecule has 0 atom stereocenters. The molecule has 0 saturated heterocycles. The minimum atomic E-state index is -0.302. The van der Waals surface area contributed by atoms with Crippen LogP contribution in [-0.2, 0) is 6.54 Å². The molecule has 0 aliphatic heterocycles. The van der Waals surface area contributed by atoms with E-state index in [0.29, 0.717) is 17.9 Å². The van der Waals surface area contributed by atoms with E-state index in [1.807, 2.05) is 7.05 Å². The predicted molar refractivity (Wildman–Crippen MR) is 59.4 cm³/mol. The lowest BCUT2D eigenvalue weighted by atomic mass is 10.2. The summed E-state index contributed by atoms with van der Waals surface area (Å²) in [7, 11) is 2.03. The fourth-order valence-corrected chi connectivity index (χ4v) is 1.79. The Labute approximate surface area is 94.6 Å². The summed E-state index contributed by atoms with van der Waals surface area (Å²) in [6, 6.07) is 1.64. The van der Waals surface area contributed by atoms with Crippen LogP contribution in [0.5, 0.6) is 0 Å². The van der Waals surface area contributed by atoms with Crippen molar-refractivity contribution >= 4 is 5.91 Å². The predicted octanol–water partition coefficient (Wildman–Crippen LogP) is 0.725. The lowest BCUT2D eigenvalue weighted by Gasteiger charge is -2.14. The zero-order chi connectivity index (χ0) is 11.5. The summed E-state index contributed by atoms with van der Waals surface area (Å²) in [6.45, 7) is 1.70. The number of amides is 1. The van der Waals surface area contributed by atoms with Crippen molar-refractivity contribution in [3.05, 3.63) is 23.7 Å². The summed E-state index contributed by atoms with van der Waals surface area (Å²) >= 11 is 0. The first-order chi connectivity index (χ1) is 7.70. The molecule has 16 heavy (non-hydrogen) atoms. The van der Waals surface area contributed by atoms with Gasteiger partial charge in [-0.3, -0.25) is 15.1 Å². The number of hydrazine groups is 1. The number of rotatable bonds is 5. The summed E-state index contributed by atoms with van der Waals surface area (Å²) in [5, 5.41) is 0. The highest BCUT2D eigenvalue weighted by molar-refractivity contribution is 5.94. The molecule has 1 aromatic heterocycles. The van der Waals surface area contributed by atoms with Crippen molar-refractivity contribution in [1.82, 2.24) is 10.3 Å². The van der Waals surface area contributed by atoms with Gasteiger partial charge in [0, 0.05) is 6.54 Å². The molecule has 1 aliphatic rings. The normalized spacial score (nSPS) is 15.4. The van der Waals surface area contributed by atoms with Crippen molar-refractivity contribution in [3.63, 3.8) is 0 Å². The lowest BCUT2D eigenvalue weighted by molar-refractivity contribution is 0.0950. The summed E-state index contributed by atoms with van der Waals surface area (Å²) in [4.78, 5) is 13.6. The monoisotopic (exact) mass is 223 g/mol. The molecular formula is C11H17N3O2. The number of furan rings is 1. The molecule has 1 fully saturated rings. The number of carbonyl (C=O) groups excluding carboxylic acids is 1. The lowest BCUT2D eigenvalue weighted by Crippen LogP contribution is -2.31. The Morgan fingerprint density at radius 2 is 2.44 bits per heavy atom. The highest BCUT2D eigenvalue weighted by Gasteiger charge is 2.24. The first kappa shape index (κ1) is 11.2. The molecule has 1 heterocycles. The first-order valence-electron chi connectivity index (χ1n) is 5.46. The van der Waals surface area contributed by atoms with Gasteiger partial charge in [-0.15, -0.1) is 0 Å². The van der Waals surface area contributed by atoms with E-state index in [-0.39, 0.29) is 5.91 Å². The Balaban J connectivity index is 1.96. The first-order valence-corrected chi connectivity index (χ1v) is 5.46. The Hall–Kier alpha value is -1.33. The highest BCUT2D eigenvalue weighted by Crippen LogP contribution is 2.29. The van der Waals surface area contributed by atoms with E-state index in [9.17, 15) is 4.79 Å². The van der Waals surface area contributed by atoms with Crippen LogP contribution in [0.3, 0.4) is 0 Å². The number of hydrogen-bond acceptors (Lipinski definition) is 4. The van der Waals surface area contributed by atoms with Crippen LogP contribution in [0.25, 0.3) is 0 Å². The molecule has 1 aliphatic carbocycles.